The van der Waals surface area contributed by atoms with Crippen molar-refractivity contribution in [2.24, 2.45) is 5.73 Å². The highest BCUT2D eigenvalue weighted by Gasteiger charge is 2.33. The van der Waals surface area contributed by atoms with Gasteiger partial charge in [-0.05, 0) is 25.3 Å². The standard InChI is InChI=1S/C16H24N2O/c1-13(14-8-4-2-5-9-14)15(19)18-16(12-17)10-6-3-7-11-16/h2,4-5,8-9,13H,3,6-7,10-12,17H2,1H3,(H,18,19). The normalized spacial score (nSPS) is 19.7. The van der Waals surface area contributed by atoms with Crippen molar-refractivity contribution in [3.05, 3.63) is 35.9 Å². The van der Waals surface area contributed by atoms with Crippen LogP contribution in [-0.2, 0) is 4.79 Å². The van der Waals surface area contributed by atoms with E-state index >= 15 is 0 Å². The molecule has 1 fully saturated rings. The summed E-state index contributed by atoms with van der Waals surface area (Å²) >= 11 is 0. The Balaban J connectivity index is 2.03. The molecule has 0 bridgehead atoms. The number of nitrogens with one attached hydrogen (secondary N) is 1. The lowest BCUT2D eigenvalue weighted by Gasteiger charge is -2.38. The average molecular weight is 260 g/mol. The van der Waals surface area contributed by atoms with Crippen molar-refractivity contribution in [1.29, 1.82) is 0 Å². The summed E-state index contributed by atoms with van der Waals surface area (Å²) < 4.78 is 0. The van der Waals surface area contributed by atoms with Crippen molar-refractivity contribution < 1.29 is 4.79 Å². The second kappa shape index (κ2) is 6.20. The number of carbonyl (C=O) groups is 1. The zero-order valence-electron chi connectivity index (χ0n) is 11.7. The molecule has 0 heterocycles. The van der Waals surface area contributed by atoms with E-state index in [0.29, 0.717) is 6.54 Å². The molecule has 0 aliphatic heterocycles. The molecular weight excluding hydrogens is 236 g/mol. The maximum Gasteiger partial charge on any atom is 0.227 e. The number of nitrogens with two attached hydrogens (primary N) is 1. The molecule has 3 nitrogen and oxygen atoms in total. The lowest BCUT2D eigenvalue weighted by atomic mass is 9.81. The van der Waals surface area contributed by atoms with Crippen LogP contribution < -0.4 is 11.1 Å². The van der Waals surface area contributed by atoms with E-state index in [1.807, 2.05) is 37.3 Å². The summed E-state index contributed by atoms with van der Waals surface area (Å²) in [5, 5.41) is 3.22. The quantitative estimate of drug-likeness (QED) is 0.874. The number of hydrogen-bond acceptors (Lipinski definition) is 2. The van der Waals surface area contributed by atoms with Crippen molar-refractivity contribution >= 4 is 5.91 Å². The number of rotatable bonds is 4. The second-order valence-electron chi connectivity index (χ2n) is 5.67. The maximum absolute atomic E-state index is 12.4. The minimum Gasteiger partial charge on any atom is -0.349 e. The molecule has 3 N–H and O–H groups in total. The molecule has 19 heavy (non-hydrogen) atoms. The van der Waals surface area contributed by atoms with E-state index in [2.05, 4.69) is 5.32 Å². The summed E-state index contributed by atoms with van der Waals surface area (Å²) in [6.07, 6.45) is 5.60. The SMILES string of the molecule is CC(C(=O)NC1(CN)CCCCC1)c1ccccc1. The van der Waals surface area contributed by atoms with Gasteiger partial charge in [-0.3, -0.25) is 4.79 Å². The van der Waals surface area contributed by atoms with E-state index in [1.54, 1.807) is 0 Å². The lowest BCUT2D eigenvalue weighted by molar-refractivity contribution is -0.124. The molecule has 2 rings (SSSR count). The van der Waals surface area contributed by atoms with Crippen LogP contribution in [-0.4, -0.2) is 18.0 Å². The van der Waals surface area contributed by atoms with Crippen LogP contribution in [0.2, 0.25) is 0 Å². The fourth-order valence-electron chi connectivity index (χ4n) is 2.87. The smallest absolute Gasteiger partial charge is 0.227 e. The first-order valence-electron chi connectivity index (χ1n) is 7.24. The number of amides is 1. The Labute approximate surface area is 115 Å². The molecule has 0 aromatic heterocycles. The van der Waals surface area contributed by atoms with Gasteiger partial charge in [0.25, 0.3) is 0 Å². The molecule has 0 spiro atoms. The van der Waals surface area contributed by atoms with Crippen LogP contribution in [0.4, 0.5) is 0 Å². The predicted octanol–water partition coefficient (Wildman–Crippen LogP) is 2.57. The van der Waals surface area contributed by atoms with Crippen LogP contribution in [0.5, 0.6) is 0 Å². The van der Waals surface area contributed by atoms with Gasteiger partial charge in [-0.1, -0.05) is 49.6 Å². The largest absolute Gasteiger partial charge is 0.349 e. The molecule has 1 aliphatic carbocycles. The molecule has 1 atom stereocenters. The Morgan fingerprint density at radius 3 is 2.47 bits per heavy atom. The fraction of sp³-hybridized carbons (Fsp3) is 0.562. The monoisotopic (exact) mass is 260 g/mol. The van der Waals surface area contributed by atoms with Gasteiger partial charge >= 0.3 is 0 Å². The molecule has 1 aromatic carbocycles. The predicted molar refractivity (Wildman–Crippen MR) is 77.9 cm³/mol. The molecule has 104 valence electrons. The van der Waals surface area contributed by atoms with Crippen LogP contribution in [0.15, 0.2) is 30.3 Å². The third kappa shape index (κ3) is 3.35. The van der Waals surface area contributed by atoms with Crippen molar-refractivity contribution in [2.45, 2.75) is 50.5 Å². The Bertz CT molecular complexity index is 410. The van der Waals surface area contributed by atoms with E-state index in [0.717, 1.165) is 31.2 Å². The van der Waals surface area contributed by atoms with Gasteiger partial charge in [0.15, 0.2) is 0 Å². The topological polar surface area (TPSA) is 55.1 Å². The van der Waals surface area contributed by atoms with E-state index in [1.165, 1.54) is 6.42 Å². The fourth-order valence-corrected chi connectivity index (χ4v) is 2.87. The molecule has 1 aliphatic rings. The summed E-state index contributed by atoms with van der Waals surface area (Å²) in [7, 11) is 0. The van der Waals surface area contributed by atoms with Crippen LogP contribution in [0, 0.1) is 0 Å². The van der Waals surface area contributed by atoms with E-state index in [9.17, 15) is 4.79 Å². The van der Waals surface area contributed by atoms with Gasteiger partial charge in [-0.25, -0.2) is 0 Å². The molecule has 1 unspecified atom stereocenters. The summed E-state index contributed by atoms with van der Waals surface area (Å²) in [4.78, 5) is 12.4. The van der Waals surface area contributed by atoms with Crippen molar-refractivity contribution in [3.63, 3.8) is 0 Å². The Kier molecular flexibility index (Phi) is 4.59. The molecule has 3 heteroatoms. The summed E-state index contributed by atoms with van der Waals surface area (Å²) in [6.45, 7) is 2.50. The number of benzene rings is 1. The number of hydrogen-bond donors (Lipinski definition) is 2. The molecular formula is C16H24N2O. The summed E-state index contributed by atoms with van der Waals surface area (Å²) in [6, 6.07) is 9.91. The van der Waals surface area contributed by atoms with Crippen molar-refractivity contribution in [3.8, 4) is 0 Å². The molecule has 0 radical (unpaired) electrons. The van der Waals surface area contributed by atoms with Crippen LogP contribution in [0.25, 0.3) is 0 Å². The van der Waals surface area contributed by atoms with Crippen molar-refractivity contribution in [1.82, 2.24) is 5.32 Å². The summed E-state index contributed by atoms with van der Waals surface area (Å²) in [5.74, 6) is -0.0231. The minimum atomic E-state index is -0.168. The Hall–Kier alpha value is -1.35. The van der Waals surface area contributed by atoms with Gasteiger partial charge in [-0.15, -0.1) is 0 Å². The highest BCUT2D eigenvalue weighted by atomic mass is 16.2. The van der Waals surface area contributed by atoms with Gasteiger partial charge in [0, 0.05) is 6.54 Å². The molecule has 1 amide bonds. The van der Waals surface area contributed by atoms with Gasteiger partial charge < -0.3 is 11.1 Å². The molecule has 1 saturated carbocycles. The van der Waals surface area contributed by atoms with Gasteiger partial charge in [0.05, 0.1) is 11.5 Å². The zero-order valence-corrected chi connectivity index (χ0v) is 11.7. The van der Waals surface area contributed by atoms with Crippen LogP contribution >= 0.6 is 0 Å². The highest BCUT2D eigenvalue weighted by molar-refractivity contribution is 5.83. The molecule has 1 aromatic rings. The first-order chi connectivity index (χ1) is 9.17. The third-order valence-electron chi connectivity index (χ3n) is 4.28. The van der Waals surface area contributed by atoms with Crippen LogP contribution in [0.1, 0.15) is 50.5 Å². The minimum absolute atomic E-state index is 0.0959. The Morgan fingerprint density at radius 2 is 1.89 bits per heavy atom. The first kappa shape index (κ1) is 14.1. The second-order valence-corrected chi connectivity index (χ2v) is 5.67. The van der Waals surface area contributed by atoms with Gasteiger partial charge in [0.2, 0.25) is 5.91 Å². The number of carbonyl (C=O) groups excluding carboxylic acids is 1. The average Bonchev–Trinajstić information content (AvgIpc) is 2.48. The van der Waals surface area contributed by atoms with Gasteiger partial charge in [-0.2, -0.15) is 0 Å². The van der Waals surface area contributed by atoms with E-state index in [4.69, 9.17) is 5.73 Å². The zero-order chi connectivity index (χ0) is 13.7. The third-order valence-corrected chi connectivity index (χ3v) is 4.28. The lowest BCUT2D eigenvalue weighted by Crippen LogP contribution is -2.55. The first-order valence-corrected chi connectivity index (χ1v) is 7.24. The summed E-state index contributed by atoms with van der Waals surface area (Å²) in [5.41, 5.74) is 6.80. The van der Waals surface area contributed by atoms with Crippen LogP contribution in [0.3, 0.4) is 0 Å². The van der Waals surface area contributed by atoms with E-state index in [-0.39, 0.29) is 17.4 Å². The maximum atomic E-state index is 12.4. The van der Waals surface area contributed by atoms with Crippen molar-refractivity contribution in [2.75, 3.05) is 6.54 Å². The highest BCUT2D eigenvalue weighted by Crippen LogP contribution is 2.28. The van der Waals surface area contributed by atoms with Gasteiger partial charge in [0.1, 0.15) is 0 Å². The Morgan fingerprint density at radius 1 is 1.26 bits per heavy atom. The molecule has 0 saturated heterocycles. The van der Waals surface area contributed by atoms with E-state index < -0.39 is 0 Å².